The predicted molar refractivity (Wildman–Crippen MR) is 76.6 cm³/mol. The zero-order chi connectivity index (χ0) is 11.7. The van der Waals surface area contributed by atoms with Crippen molar-refractivity contribution in [1.29, 1.82) is 0 Å². The van der Waals surface area contributed by atoms with Gasteiger partial charge in [0, 0.05) is 18.9 Å². The van der Waals surface area contributed by atoms with E-state index in [-0.39, 0.29) is 18.0 Å². The summed E-state index contributed by atoms with van der Waals surface area (Å²) in [7, 11) is 2.05. The summed E-state index contributed by atoms with van der Waals surface area (Å²) in [5.41, 5.74) is 1.49. The summed E-state index contributed by atoms with van der Waals surface area (Å²) in [6, 6.07) is 8.54. The molecule has 2 nitrogen and oxygen atoms in total. The van der Waals surface area contributed by atoms with Crippen LogP contribution in [0.5, 0.6) is 5.75 Å². The molecular weight excluding hydrogens is 246 g/mol. The molecule has 1 heterocycles. The van der Waals surface area contributed by atoms with Crippen molar-refractivity contribution >= 4 is 12.4 Å². The van der Waals surface area contributed by atoms with E-state index in [1.54, 1.807) is 0 Å². The predicted octanol–water partition coefficient (Wildman–Crippen LogP) is 3.19. The molecule has 1 spiro atoms. The largest absolute Gasteiger partial charge is 0.486 e. The highest BCUT2D eigenvalue weighted by Gasteiger charge is 2.46. The van der Waals surface area contributed by atoms with Crippen LogP contribution in [0.25, 0.3) is 0 Å². The number of halogens is 1. The Morgan fingerprint density at radius 2 is 2.17 bits per heavy atom. The number of para-hydroxylation sites is 1. The SMILES string of the molecule is CNC[C@H]1CCCC[C@]12Cc1ccccc1O2.Cl. The molecule has 2 atom stereocenters. The van der Waals surface area contributed by atoms with Crippen LogP contribution in [0, 0.1) is 5.92 Å². The second-order valence-corrected chi connectivity index (χ2v) is 5.45. The van der Waals surface area contributed by atoms with Crippen molar-refractivity contribution in [3.63, 3.8) is 0 Å². The van der Waals surface area contributed by atoms with Gasteiger partial charge in [-0.25, -0.2) is 0 Å². The van der Waals surface area contributed by atoms with E-state index in [0.29, 0.717) is 5.92 Å². The van der Waals surface area contributed by atoms with Gasteiger partial charge in [0.2, 0.25) is 0 Å². The summed E-state index contributed by atoms with van der Waals surface area (Å²) >= 11 is 0. The Kier molecular flexibility index (Phi) is 4.18. The van der Waals surface area contributed by atoms with Gasteiger partial charge in [-0.05, 0) is 37.9 Å². The van der Waals surface area contributed by atoms with Crippen molar-refractivity contribution in [1.82, 2.24) is 5.32 Å². The Balaban J connectivity index is 0.00000120. The average molecular weight is 268 g/mol. The fraction of sp³-hybridized carbons (Fsp3) is 0.600. The number of ether oxygens (including phenoxy) is 1. The average Bonchev–Trinajstić information content (AvgIpc) is 2.71. The minimum absolute atomic E-state index is 0. The second kappa shape index (κ2) is 5.50. The highest BCUT2D eigenvalue weighted by atomic mass is 35.5. The normalized spacial score (nSPS) is 29.5. The fourth-order valence-electron chi connectivity index (χ4n) is 3.51. The van der Waals surface area contributed by atoms with Crippen LogP contribution in [-0.4, -0.2) is 19.2 Å². The molecule has 0 saturated heterocycles. The van der Waals surface area contributed by atoms with Crippen LogP contribution in [0.4, 0.5) is 0 Å². The van der Waals surface area contributed by atoms with Gasteiger partial charge in [-0.15, -0.1) is 12.4 Å². The smallest absolute Gasteiger partial charge is 0.123 e. The van der Waals surface area contributed by atoms with Crippen LogP contribution in [0.1, 0.15) is 31.2 Å². The third-order valence-corrected chi connectivity index (χ3v) is 4.37. The minimum atomic E-state index is 0. The molecule has 1 aromatic carbocycles. The second-order valence-electron chi connectivity index (χ2n) is 5.45. The number of fused-ring (bicyclic) bond motifs is 1. The van der Waals surface area contributed by atoms with Crippen LogP contribution in [0.2, 0.25) is 0 Å². The summed E-state index contributed by atoms with van der Waals surface area (Å²) in [4.78, 5) is 0. The Morgan fingerprint density at radius 1 is 1.33 bits per heavy atom. The van der Waals surface area contributed by atoms with E-state index < -0.39 is 0 Å². The Labute approximate surface area is 116 Å². The third-order valence-electron chi connectivity index (χ3n) is 4.37. The molecule has 1 aliphatic heterocycles. The molecular formula is C15H22ClNO. The zero-order valence-electron chi connectivity index (χ0n) is 10.9. The molecule has 0 unspecified atom stereocenters. The van der Waals surface area contributed by atoms with Gasteiger partial charge < -0.3 is 10.1 Å². The molecule has 1 N–H and O–H groups in total. The molecule has 2 aliphatic rings. The highest BCUT2D eigenvalue weighted by Crippen LogP contribution is 2.46. The monoisotopic (exact) mass is 267 g/mol. The van der Waals surface area contributed by atoms with Gasteiger partial charge in [0.25, 0.3) is 0 Å². The molecule has 3 rings (SSSR count). The van der Waals surface area contributed by atoms with E-state index in [2.05, 4.69) is 29.6 Å². The molecule has 0 bridgehead atoms. The Morgan fingerprint density at radius 3 is 2.94 bits per heavy atom. The fourth-order valence-corrected chi connectivity index (χ4v) is 3.51. The maximum Gasteiger partial charge on any atom is 0.123 e. The van der Waals surface area contributed by atoms with Crippen molar-refractivity contribution < 1.29 is 4.74 Å². The first-order valence-corrected chi connectivity index (χ1v) is 6.75. The molecule has 100 valence electrons. The molecule has 1 aliphatic carbocycles. The van der Waals surface area contributed by atoms with Gasteiger partial charge >= 0.3 is 0 Å². The van der Waals surface area contributed by atoms with E-state index >= 15 is 0 Å². The number of nitrogens with one attached hydrogen (secondary N) is 1. The molecule has 1 aromatic rings. The Hall–Kier alpha value is -0.730. The van der Waals surface area contributed by atoms with E-state index in [9.17, 15) is 0 Å². The van der Waals surface area contributed by atoms with E-state index in [0.717, 1.165) is 18.7 Å². The van der Waals surface area contributed by atoms with Gasteiger partial charge in [-0.2, -0.15) is 0 Å². The number of hydrogen-bond donors (Lipinski definition) is 1. The lowest BCUT2D eigenvalue weighted by Crippen LogP contribution is -2.48. The van der Waals surface area contributed by atoms with Crippen LogP contribution in [0.15, 0.2) is 24.3 Å². The maximum atomic E-state index is 6.36. The van der Waals surface area contributed by atoms with Crippen molar-refractivity contribution in [3.05, 3.63) is 29.8 Å². The topological polar surface area (TPSA) is 21.3 Å². The summed E-state index contributed by atoms with van der Waals surface area (Å²) in [5, 5.41) is 3.34. The number of benzene rings is 1. The zero-order valence-corrected chi connectivity index (χ0v) is 11.8. The third kappa shape index (κ3) is 2.24. The Bertz CT molecular complexity index is 380. The highest BCUT2D eigenvalue weighted by molar-refractivity contribution is 5.85. The van der Waals surface area contributed by atoms with Crippen molar-refractivity contribution in [2.45, 2.75) is 37.7 Å². The molecule has 1 saturated carbocycles. The quantitative estimate of drug-likeness (QED) is 0.889. The summed E-state index contributed by atoms with van der Waals surface area (Å²) in [6.45, 7) is 1.08. The van der Waals surface area contributed by atoms with Crippen molar-refractivity contribution in [3.8, 4) is 5.75 Å². The van der Waals surface area contributed by atoms with Gasteiger partial charge in [0.05, 0.1) is 0 Å². The van der Waals surface area contributed by atoms with Gasteiger partial charge in [-0.3, -0.25) is 0 Å². The molecule has 18 heavy (non-hydrogen) atoms. The standard InChI is InChI=1S/C15H21NO.ClH/c1-16-11-13-7-4-5-9-15(13)10-12-6-2-3-8-14(12)17-15;/h2-3,6,8,13,16H,4-5,7,9-11H2,1H3;1H/t13-,15+;/m1./s1. The van der Waals surface area contributed by atoms with Crippen LogP contribution < -0.4 is 10.1 Å². The first-order chi connectivity index (χ1) is 8.34. The number of rotatable bonds is 2. The summed E-state index contributed by atoms with van der Waals surface area (Å²) < 4.78 is 6.36. The van der Waals surface area contributed by atoms with Crippen molar-refractivity contribution in [2.24, 2.45) is 5.92 Å². The molecule has 0 amide bonds. The first kappa shape index (κ1) is 13.7. The van der Waals surface area contributed by atoms with Gasteiger partial charge in [-0.1, -0.05) is 24.6 Å². The lowest BCUT2D eigenvalue weighted by molar-refractivity contribution is -0.00381. The minimum Gasteiger partial charge on any atom is -0.486 e. The molecule has 3 heteroatoms. The van der Waals surface area contributed by atoms with Crippen LogP contribution in [-0.2, 0) is 6.42 Å². The van der Waals surface area contributed by atoms with Crippen molar-refractivity contribution in [2.75, 3.05) is 13.6 Å². The summed E-state index contributed by atoms with van der Waals surface area (Å²) in [6.07, 6.45) is 6.29. The lowest BCUT2D eigenvalue weighted by atomic mass is 9.73. The van der Waals surface area contributed by atoms with Crippen LogP contribution >= 0.6 is 12.4 Å². The van der Waals surface area contributed by atoms with E-state index in [4.69, 9.17) is 4.74 Å². The van der Waals surface area contributed by atoms with Gasteiger partial charge in [0.1, 0.15) is 11.4 Å². The lowest BCUT2D eigenvalue weighted by Gasteiger charge is -2.40. The first-order valence-electron chi connectivity index (χ1n) is 6.75. The van der Waals surface area contributed by atoms with Crippen LogP contribution in [0.3, 0.4) is 0 Å². The number of hydrogen-bond acceptors (Lipinski definition) is 2. The molecule has 0 aromatic heterocycles. The van der Waals surface area contributed by atoms with E-state index in [1.807, 2.05) is 7.05 Å². The maximum absolute atomic E-state index is 6.36. The summed E-state index contributed by atoms with van der Waals surface area (Å²) in [5.74, 6) is 1.78. The van der Waals surface area contributed by atoms with Gasteiger partial charge in [0.15, 0.2) is 0 Å². The molecule has 1 fully saturated rings. The molecule has 0 radical (unpaired) electrons. The van der Waals surface area contributed by atoms with E-state index in [1.165, 1.54) is 31.2 Å².